The van der Waals surface area contributed by atoms with Crippen molar-refractivity contribution in [3.63, 3.8) is 0 Å². The summed E-state index contributed by atoms with van der Waals surface area (Å²) < 4.78 is 0. The fourth-order valence-corrected chi connectivity index (χ4v) is 2.39. The highest BCUT2D eigenvalue weighted by molar-refractivity contribution is 5.91. The lowest BCUT2D eigenvalue weighted by Gasteiger charge is -2.29. The number of pyridine rings is 1. The predicted molar refractivity (Wildman–Crippen MR) is 71.5 cm³/mol. The number of primary amides is 1. The van der Waals surface area contributed by atoms with Crippen molar-refractivity contribution in [3.05, 3.63) is 23.9 Å². The van der Waals surface area contributed by atoms with Crippen molar-refractivity contribution in [3.8, 4) is 0 Å². The van der Waals surface area contributed by atoms with Crippen LogP contribution in [0.3, 0.4) is 0 Å². The van der Waals surface area contributed by atoms with Gasteiger partial charge in [0.1, 0.15) is 11.5 Å². The number of hydrogen-bond acceptors (Lipinski definition) is 4. The van der Waals surface area contributed by atoms with Gasteiger partial charge in [0, 0.05) is 12.1 Å². The van der Waals surface area contributed by atoms with E-state index in [4.69, 9.17) is 5.73 Å². The first-order valence-corrected chi connectivity index (χ1v) is 6.39. The first kappa shape index (κ1) is 12.8. The zero-order valence-corrected chi connectivity index (χ0v) is 10.6. The molecule has 18 heavy (non-hydrogen) atoms. The van der Waals surface area contributed by atoms with Crippen LogP contribution in [0.2, 0.25) is 0 Å². The maximum Gasteiger partial charge on any atom is 0.267 e. The standard InChI is InChI=1S/C13H20N4O/c1-15-9-5-7-10(8-6-9)16-12-4-2-3-11(17-12)13(14)18/h2-4,9-10,15H,5-8H2,1H3,(H2,14,18)(H,16,17). The van der Waals surface area contributed by atoms with E-state index in [0.717, 1.165) is 18.7 Å². The number of rotatable bonds is 4. The molecule has 0 atom stereocenters. The first-order valence-electron chi connectivity index (χ1n) is 6.39. The molecule has 0 aliphatic heterocycles. The SMILES string of the molecule is CNC1CCC(Nc2cccc(C(N)=O)n2)CC1. The average molecular weight is 248 g/mol. The topological polar surface area (TPSA) is 80.0 Å². The maximum absolute atomic E-state index is 11.1. The molecular weight excluding hydrogens is 228 g/mol. The van der Waals surface area contributed by atoms with E-state index in [2.05, 4.69) is 15.6 Å². The van der Waals surface area contributed by atoms with Gasteiger partial charge in [-0.25, -0.2) is 4.98 Å². The van der Waals surface area contributed by atoms with Crippen molar-refractivity contribution in [1.82, 2.24) is 10.3 Å². The van der Waals surface area contributed by atoms with Crippen molar-refractivity contribution in [1.29, 1.82) is 0 Å². The van der Waals surface area contributed by atoms with Crippen LogP contribution in [-0.2, 0) is 0 Å². The van der Waals surface area contributed by atoms with Crippen LogP contribution >= 0.6 is 0 Å². The Kier molecular flexibility index (Phi) is 4.15. The summed E-state index contributed by atoms with van der Waals surface area (Å²) in [6, 6.07) is 6.37. The van der Waals surface area contributed by atoms with Crippen molar-refractivity contribution in [2.24, 2.45) is 5.73 Å². The molecule has 2 rings (SSSR count). The van der Waals surface area contributed by atoms with E-state index in [1.54, 1.807) is 12.1 Å². The van der Waals surface area contributed by atoms with Gasteiger partial charge in [-0.3, -0.25) is 4.79 Å². The molecule has 1 aromatic rings. The molecule has 1 aromatic heterocycles. The molecule has 0 bridgehead atoms. The summed E-state index contributed by atoms with van der Waals surface area (Å²) in [5.41, 5.74) is 5.52. The fourth-order valence-electron chi connectivity index (χ4n) is 2.39. The van der Waals surface area contributed by atoms with Crippen LogP contribution in [0.4, 0.5) is 5.82 Å². The van der Waals surface area contributed by atoms with Crippen LogP contribution in [0.25, 0.3) is 0 Å². The zero-order chi connectivity index (χ0) is 13.0. The molecule has 1 saturated carbocycles. The van der Waals surface area contributed by atoms with Crippen LogP contribution in [0.15, 0.2) is 18.2 Å². The van der Waals surface area contributed by atoms with Gasteiger partial charge in [-0.1, -0.05) is 6.07 Å². The lowest BCUT2D eigenvalue weighted by molar-refractivity contribution is 0.0995. The number of nitrogens with two attached hydrogens (primary N) is 1. The van der Waals surface area contributed by atoms with Crippen LogP contribution < -0.4 is 16.4 Å². The predicted octanol–water partition coefficient (Wildman–Crippen LogP) is 1.12. The summed E-state index contributed by atoms with van der Waals surface area (Å²) in [4.78, 5) is 15.3. The summed E-state index contributed by atoms with van der Waals surface area (Å²) in [7, 11) is 2.01. The molecule has 98 valence electrons. The third-order valence-corrected chi connectivity index (χ3v) is 3.49. The second-order valence-electron chi connectivity index (χ2n) is 4.75. The lowest BCUT2D eigenvalue weighted by Crippen LogP contribution is -2.35. The van der Waals surface area contributed by atoms with Gasteiger partial charge in [0.05, 0.1) is 0 Å². The van der Waals surface area contributed by atoms with Gasteiger partial charge in [0.25, 0.3) is 5.91 Å². The van der Waals surface area contributed by atoms with Gasteiger partial charge < -0.3 is 16.4 Å². The lowest BCUT2D eigenvalue weighted by atomic mass is 9.91. The maximum atomic E-state index is 11.1. The van der Waals surface area contributed by atoms with Gasteiger partial charge in [-0.05, 0) is 44.9 Å². The number of nitrogens with one attached hydrogen (secondary N) is 2. The zero-order valence-electron chi connectivity index (χ0n) is 10.6. The molecule has 1 heterocycles. The first-order chi connectivity index (χ1) is 8.69. The smallest absolute Gasteiger partial charge is 0.267 e. The Balaban J connectivity index is 1.94. The van der Waals surface area contributed by atoms with Gasteiger partial charge in [0.15, 0.2) is 0 Å². The van der Waals surface area contributed by atoms with Gasteiger partial charge in [-0.2, -0.15) is 0 Å². The molecule has 0 aromatic carbocycles. The van der Waals surface area contributed by atoms with Gasteiger partial charge in [-0.15, -0.1) is 0 Å². The van der Waals surface area contributed by atoms with Crippen LogP contribution in [0.5, 0.6) is 0 Å². The van der Waals surface area contributed by atoms with E-state index in [1.165, 1.54) is 12.8 Å². The molecular formula is C13H20N4O. The van der Waals surface area contributed by atoms with Crippen molar-refractivity contribution >= 4 is 11.7 Å². The molecule has 1 aliphatic carbocycles. The van der Waals surface area contributed by atoms with E-state index in [0.29, 0.717) is 17.8 Å². The molecule has 0 saturated heterocycles. The molecule has 5 nitrogen and oxygen atoms in total. The Morgan fingerprint density at radius 3 is 2.56 bits per heavy atom. The largest absolute Gasteiger partial charge is 0.367 e. The number of anilines is 1. The van der Waals surface area contributed by atoms with Gasteiger partial charge in [0.2, 0.25) is 0 Å². The number of aromatic nitrogens is 1. The van der Waals surface area contributed by atoms with Gasteiger partial charge >= 0.3 is 0 Å². The second kappa shape index (κ2) is 5.82. The normalized spacial score (nSPS) is 23.6. The Bertz CT molecular complexity index is 413. The third kappa shape index (κ3) is 3.20. The highest BCUT2D eigenvalue weighted by Crippen LogP contribution is 2.21. The van der Waals surface area contributed by atoms with Crippen LogP contribution in [-0.4, -0.2) is 30.0 Å². The third-order valence-electron chi connectivity index (χ3n) is 3.49. The molecule has 1 amide bonds. The molecule has 0 radical (unpaired) electrons. The summed E-state index contributed by atoms with van der Waals surface area (Å²) in [6.45, 7) is 0. The molecule has 5 heteroatoms. The number of amides is 1. The quantitative estimate of drug-likeness (QED) is 0.746. The van der Waals surface area contributed by atoms with Crippen LogP contribution in [0, 0.1) is 0 Å². The summed E-state index contributed by atoms with van der Waals surface area (Å²) >= 11 is 0. The molecule has 4 N–H and O–H groups in total. The molecule has 0 unspecified atom stereocenters. The van der Waals surface area contributed by atoms with E-state index in [9.17, 15) is 4.79 Å². The molecule has 1 aliphatic rings. The summed E-state index contributed by atoms with van der Waals surface area (Å²) in [5, 5.41) is 6.68. The summed E-state index contributed by atoms with van der Waals surface area (Å²) in [6.07, 6.45) is 4.58. The number of nitrogens with zero attached hydrogens (tertiary/aromatic N) is 1. The van der Waals surface area contributed by atoms with E-state index >= 15 is 0 Å². The fraction of sp³-hybridized carbons (Fsp3) is 0.538. The number of carbonyl (C=O) groups is 1. The van der Waals surface area contributed by atoms with E-state index in [1.807, 2.05) is 13.1 Å². The Labute approximate surface area is 107 Å². The minimum atomic E-state index is -0.488. The highest BCUT2D eigenvalue weighted by Gasteiger charge is 2.20. The Morgan fingerprint density at radius 2 is 1.94 bits per heavy atom. The average Bonchev–Trinajstić information content (AvgIpc) is 2.40. The molecule has 1 fully saturated rings. The minimum Gasteiger partial charge on any atom is -0.367 e. The number of carbonyl (C=O) groups excluding carboxylic acids is 1. The van der Waals surface area contributed by atoms with E-state index < -0.39 is 5.91 Å². The monoisotopic (exact) mass is 248 g/mol. The van der Waals surface area contributed by atoms with Crippen LogP contribution in [0.1, 0.15) is 36.2 Å². The minimum absolute atomic E-state index is 0.309. The summed E-state index contributed by atoms with van der Waals surface area (Å²) in [5.74, 6) is 0.247. The highest BCUT2D eigenvalue weighted by atomic mass is 16.1. The molecule has 0 spiro atoms. The number of hydrogen-bond donors (Lipinski definition) is 3. The van der Waals surface area contributed by atoms with E-state index in [-0.39, 0.29) is 0 Å². The Morgan fingerprint density at radius 1 is 1.28 bits per heavy atom. The Hall–Kier alpha value is -1.62. The van der Waals surface area contributed by atoms with Crippen molar-refractivity contribution in [2.45, 2.75) is 37.8 Å². The van der Waals surface area contributed by atoms with Crippen molar-refractivity contribution < 1.29 is 4.79 Å². The van der Waals surface area contributed by atoms with Crippen molar-refractivity contribution in [2.75, 3.05) is 12.4 Å². The second-order valence-corrected chi connectivity index (χ2v) is 4.75.